The van der Waals surface area contributed by atoms with Gasteiger partial charge in [0, 0.05) is 12.4 Å². The van der Waals surface area contributed by atoms with Gasteiger partial charge in [-0.25, -0.2) is 9.78 Å². The maximum absolute atomic E-state index is 13.0. The molecule has 4 rings (SSSR count). The maximum Gasteiger partial charge on any atom is 0.341 e. The molecule has 0 N–H and O–H groups in total. The summed E-state index contributed by atoms with van der Waals surface area (Å²) >= 11 is 1.35. The summed E-state index contributed by atoms with van der Waals surface area (Å²) in [5, 5.41) is 5.12. The lowest BCUT2D eigenvalue weighted by Crippen LogP contribution is -2.24. The number of hydrogen-bond donors (Lipinski definition) is 0. The Morgan fingerprint density at radius 1 is 1.26 bits per heavy atom. The van der Waals surface area contributed by atoms with Gasteiger partial charge in [0.05, 0.1) is 24.6 Å². The predicted molar refractivity (Wildman–Crippen MR) is 101 cm³/mol. The summed E-state index contributed by atoms with van der Waals surface area (Å²) in [4.78, 5) is 34.0. The van der Waals surface area contributed by atoms with Crippen molar-refractivity contribution in [2.45, 2.75) is 11.7 Å². The fraction of sp³-hybridized carbons (Fsp3) is 0.167. The van der Waals surface area contributed by atoms with Crippen LogP contribution in [0.2, 0.25) is 0 Å². The highest BCUT2D eigenvalue weighted by Crippen LogP contribution is 2.19. The van der Waals surface area contributed by atoms with Crippen molar-refractivity contribution in [1.82, 2.24) is 24.1 Å². The Morgan fingerprint density at radius 2 is 2.04 bits per heavy atom. The van der Waals surface area contributed by atoms with Crippen LogP contribution in [0, 0.1) is 0 Å². The summed E-state index contributed by atoms with van der Waals surface area (Å²) in [7, 11) is 1.30. The second-order valence-corrected chi connectivity index (χ2v) is 6.56. The molecule has 3 heterocycles. The number of benzene rings is 1. The Labute approximate surface area is 157 Å². The van der Waals surface area contributed by atoms with Gasteiger partial charge in [-0.3, -0.25) is 4.79 Å². The lowest BCUT2D eigenvalue weighted by molar-refractivity contribution is 0.0601. The van der Waals surface area contributed by atoms with E-state index in [1.54, 1.807) is 0 Å². The van der Waals surface area contributed by atoms with Crippen LogP contribution < -0.4 is 5.56 Å². The van der Waals surface area contributed by atoms with Crippen molar-refractivity contribution in [3.63, 3.8) is 0 Å². The number of pyridine rings is 1. The number of carbonyl (C=O) groups is 1. The Hall–Kier alpha value is -3.20. The van der Waals surface area contributed by atoms with Gasteiger partial charge >= 0.3 is 5.97 Å². The van der Waals surface area contributed by atoms with Crippen LogP contribution in [0.4, 0.5) is 0 Å². The largest absolute Gasteiger partial charge is 0.465 e. The molecule has 3 aromatic heterocycles. The van der Waals surface area contributed by atoms with E-state index in [1.165, 1.54) is 40.3 Å². The average molecular weight is 381 g/mol. The topological polar surface area (TPSA) is 91.4 Å². The van der Waals surface area contributed by atoms with E-state index < -0.39 is 5.97 Å². The molecule has 0 fully saturated rings. The third kappa shape index (κ3) is 2.95. The number of aromatic nitrogens is 5. The Bertz CT molecular complexity index is 1220. The highest BCUT2D eigenvalue weighted by molar-refractivity contribution is 7.98. The van der Waals surface area contributed by atoms with E-state index in [1.807, 2.05) is 36.6 Å². The van der Waals surface area contributed by atoms with E-state index in [4.69, 9.17) is 4.74 Å². The number of thioether (sulfide) groups is 1. The molecule has 0 atom stereocenters. The SMILES string of the molecule is COC(=O)c1cn(Cc2ccccc2)c(=O)c2cnc3nc(SC)nn3c12. The molecule has 136 valence electrons. The second kappa shape index (κ2) is 6.84. The lowest BCUT2D eigenvalue weighted by Gasteiger charge is -2.11. The van der Waals surface area contributed by atoms with E-state index in [9.17, 15) is 9.59 Å². The first kappa shape index (κ1) is 17.2. The Kier molecular flexibility index (Phi) is 4.36. The first-order valence-electron chi connectivity index (χ1n) is 8.07. The van der Waals surface area contributed by atoms with Crippen molar-refractivity contribution >= 4 is 34.4 Å². The maximum atomic E-state index is 13.0. The van der Waals surface area contributed by atoms with Gasteiger partial charge in [-0.2, -0.15) is 9.50 Å². The van der Waals surface area contributed by atoms with Crippen LogP contribution in [0.3, 0.4) is 0 Å². The quantitative estimate of drug-likeness (QED) is 0.394. The molecular formula is C18H15N5O3S. The summed E-state index contributed by atoms with van der Waals surface area (Å²) in [5.41, 5.74) is 1.24. The number of nitrogens with zero attached hydrogens (tertiary/aromatic N) is 5. The smallest absolute Gasteiger partial charge is 0.341 e. The molecule has 0 aliphatic rings. The summed E-state index contributed by atoms with van der Waals surface area (Å²) in [6.45, 7) is 0.324. The molecule has 0 saturated heterocycles. The summed E-state index contributed by atoms with van der Waals surface area (Å²) < 4.78 is 7.82. The van der Waals surface area contributed by atoms with Gasteiger partial charge in [-0.15, -0.1) is 5.10 Å². The van der Waals surface area contributed by atoms with Crippen molar-refractivity contribution in [3.8, 4) is 0 Å². The molecule has 8 nitrogen and oxygen atoms in total. The fourth-order valence-corrected chi connectivity index (χ4v) is 3.24. The van der Waals surface area contributed by atoms with Crippen LogP contribution in [-0.4, -0.2) is 43.5 Å². The molecule has 4 aromatic rings. The van der Waals surface area contributed by atoms with E-state index in [2.05, 4.69) is 15.1 Å². The van der Waals surface area contributed by atoms with Crippen LogP contribution in [-0.2, 0) is 11.3 Å². The van der Waals surface area contributed by atoms with Crippen molar-refractivity contribution in [3.05, 3.63) is 64.2 Å². The molecule has 0 unspecified atom stereocenters. The summed E-state index contributed by atoms with van der Waals surface area (Å²) in [6.07, 6.45) is 4.77. The lowest BCUT2D eigenvalue weighted by atomic mass is 10.1. The van der Waals surface area contributed by atoms with Gasteiger partial charge in [-0.1, -0.05) is 42.1 Å². The van der Waals surface area contributed by atoms with Crippen LogP contribution in [0.5, 0.6) is 0 Å². The molecular weight excluding hydrogens is 366 g/mol. The third-order valence-electron chi connectivity index (χ3n) is 4.16. The summed E-state index contributed by atoms with van der Waals surface area (Å²) in [6, 6.07) is 9.53. The Balaban J connectivity index is 2.03. The zero-order chi connectivity index (χ0) is 19.0. The van der Waals surface area contributed by atoms with Gasteiger partial charge in [0.25, 0.3) is 11.3 Å². The first-order chi connectivity index (χ1) is 13.1. The number of fused-ring (bicyclic) bond motifs is 3. The molecule has 1 aromatic carbocycles. The van der Waals surface area contributed by atoms with Crippen LogP contribution >= 0.6 is 11.8 Å². The van der Waals surface area contributed by atoms with Gasteiger partial charge in [0.1, 0.15) is 5.56 Å². The van der Waals surface area contributed by atoms with Crippen molar-refractivity contribution in [1.29, 1.82) is 0 Å². The van der Waals surface area contributed by atoms with Gasteiger partial charge in [0.15, 0.2) is 0 Å². The second-order valence-electron chi connectivity index (χ2n) is 5.78. The first-order valence-corrected chi connectivity index (χ1v) is 9.30. The molecule has 0 radical (unpaired) electrons. The van der Waals surface area contributed by atoms with Crippen LogP contribution in [0.25, 0.3) is 16.7 Å². The third-order valence-corrected chi connectivity index (χ3v) is 4.70. The molecule has 0 spiro atoms. The number of esters is 1. The molecule has 27 heavy (non-hydrogen) atoms. The molecule has 0 aliphatic carbocycles. The van der Waals surface area contributed by atoms with E-state index >= 15 is 0 Å². The monoisotopic (exact) mass is 381 g/mol. The number of hydrogen-bond acceptors (Lipinski definition) is 7. The predicted octanol–water partition coefficient (Wildman–Crippen LogP) is 2.00. The zero-order valence-corrected chi connectivity index (χ0v) is 15.4. The molecule has 9 heteroatoms. The minimum atomic E-state index is -0.560. The zero-order valence-electron chi connectivity index (χ0n) is 14.6. The normalized spacial score (nSPS) is 11.2. The number of rotatable bonds is 4. The molecule has 0 saturated carbocycles. The van der Waals surface area contributed by atoms with Crippen molar-refractivity contribution in [2.24, 2.45) is 0 Å². The number of methoxy groups -OCH3 is 1. The molecule has 0 amide bonds. The molecule has 0 bridgehead atoms. The average Bonchev–Trinajstić information content (AvgIpc) is 3.13. The standard InChI is InChI=1S/C18H15N5O3S/c1-26-16(25)13-10-22(9-11-6-4-3-5-7-11)15(24)12-8-19-17-20-18(27-2)21-23(17)14(12)13/h3-8,10H,9H2,1-2H3. The highest BCUT2D eigenvalue weighted by atomic mass is 32.2. The van der Waals surface area contributed by atoms with Gasteiger partial charge in [-0.05, 0) is 11.8 Å². The minimum absolute atomic E-state index is 0.230. The summed E-state index contributed by atoms with van der Waals surface area (Å²) in [5.74, 6) is -0.243. The van der Waals surface area contributed by atoms with Crippen LogP contribution in [0.15, 0.2) is 52.7 Å². The van der Waals surface area contributed by atoms with Crippen molar-refractivity contribution in [2.75, 3.05) is 13.4 Å². The van der Waals surface area contributed by atoms with E-state index in [-0.39, 0.29) is 16.5 Å². The highest BCUT2D eigenvalue weighted by Gasteiger charge is 2.20. The fourth-order valence-electron chi connectivity index (χ4n) is 2.91. The van der Waals surface area contributed by atoms with Crippen LogP contribution in [0.1, 0.15) is 15.9 Å². The number of ether oxygens (including phenoxy) is 1. The molecule has 0 aliphatic heterocycles. The van der Waals surface area contributed by atoms with Gasteiger partial charge < -0.3 is 9.30 Å². The van der Waals surface area contributed by atoms with Crippen molar-refractivity contribution < 1.29 is 9.53 Å². The minimum Gasteiger partial charge on any atom is -0.465 e. The van der Waals surface area contributed by atoms with E-state index in [0.29, 0.717) is 23.0 Å². The Morgan fingerprint density at radius 3 is 2.74 bits per heavy atom. The van der Waals surface area contributed by atoms with E-state index in [0.717, 1.165) is 5.56 Å². The van der Waals surface area contributed by atoms with Gasteiger partial charge in [0.2, 0.25) is 5.16 Å². The number of carbonyl (C=O) groups excluding carboxylic acids is 1.